The fraction of sp³-hybridized carbons (Fsp3) is 0.0833. The molecule has 104 valence electrons. The molecule has 0 aliphatic rings. The summed E-state index contributed by atoms with van der Waals surface area (Å²) in [5.41, 5.74) is 0.698. The smallest absolute Gasteiger partial charge is 0.261 e. The topological polar surface area (TPSA) is 115 Å². The molecule has 0 aliphatic heterocycles. The molecule has 7 nitrogen and oxygen atoms in total. The van der Waals surface area contributed by atoms with Crippen molar-refractivity contribution in [2.24, 2.45) is 5.16 Å². The molecule has 0 spiro atoms. The lowest BCUT2D eigenvalue weighted by Gasteiger charge is -2.05. The molecule has 20 heavy (non-hydrogen) atoms. The van der Waals surface area contributed by atoms with Crippen LogP contribution in [0.25, 0.3) is 0 Å². The summed E-state index contributed by atoms with van der Waals surface area (Å²) >= 11 is 1.15. The van der Waals surface area contributed by atoms with Crippen LogP contribution in [0.3, 0.4) is 0 Å². The van der Waals surface area contributed by atoms with Gasteiger partial charge in [0.05, 0.1) is 5.56 Å². The van der Waals surface area contributed by atoms with Crippen molar-refractivity contribution in [1.29, 1.82) is 0 Å². The van der Waals surface area contributed by atoms with Crippen LogP contribution in [0.2, 0.25) is 0 Å². The molecule has 0 atom stereocenters. The van der Waals surface area contributed by atoms with Gasteiger partial charge in [-0.3, -0.25) is 10.1 Å². The molecule has 0 unspecified atom stereocenters. The zero-order valence-electron chi connectivity index (χ0n) is 10.4. The summed E-state index contributed by atoms with van der Waals surface area (Å²) in [7, 11) is 0. The highest BCUT2D eigenvalue weighted by atomic mass is 32.1. The minimum Gasteiger partial charge on any atom is -0.504 e. The van der Waals surface area contributed by atoms with Crippen LogP contribution in [-0.2, 0) is 0 Å². The van der Waals surface area contributed by atoms with Crippen LogP contribution in [0.5, 0.6) is 11.5 Å². The summed E-state index contributed by atoms with van der Waals surface area (Å²) in [5, 5.41) is 35.0. The molecule has 0 aliphatic carbocycles. The van der Waals surface area contributed by atoms with E-state index in [2.05, 4.69) is 15.5 Å². The number of carbonyl (C=O) groups excluding carboxylic acids is 1. The van der Waals surface area contributed by atoms with Crippen molar-refractivity contribution < 1.29 is 20.2 Å². The number of phenolic OH excluding ortho intramolecular Hbond substituents is 2. The highest BCUT2D eigenvalue weighted by Gasteiger charge is 2.15. The first-order chi connectivity index (χ1) is 9.52. The molecule has 4 N–H and O–H groups in total. The highest BCUT2D eigenvalue weighted by Crippen LogP contribution is 2.29. The Hall–Kier alpha value is -2.61. The second-order valence-corrected chi connectivity index (χ2v) is 4.71. The lowest BCUT2D eigenvalue weighted by molar-refractivity contribution is 0.102. The van der Waals surface area contributed by atoms with Gasteiger partial charge in [-0.25, -0.2) is 4.98 Å². The normalized spacial score (nSPS) is 11.3. The standard InChI is InChI=1S/C12H11N3O4S/c1-6(15-19)8-5-20-12(13-8)14-11(18)7-3-2-4-9(16)10(7)17/h2-5,16-17,19H,1H3,(H,13,14,18)/b15-6-. The fourth-order valence-corrected chi connectivity index (χ4v) is 2.18. The lowest BCUT2D eigenvalue weighted by Crippen LogP contribution is -2.12. The van der Waals surface area contributed by atoms with Gasteiger partial charge >= 0.3 is 0 Å². The third-order valence-electron chi connectivity index (χ3n) is 2.50. The van der Waals surface area contributed by atoms with Crippen molar-refractivity contribution in [3.63, 3.8) is 0 Å². The molecule has 1 aromatic carbocycles. The minimum absolute atomic E-state index is 0.0608. The number of benzene rings is 1. The Balaban J connectivity index is 2.20. The van der Waals surface area contributed by atoms with Crippen molar-refractivity contribution in [3.8, 4) is 11.5 Å². The predicted octanol–water partition coefficient (Wildman–Crippen LogP) is 2.00. The second-order valence-electron chi connectivity index (χ2n) is 3.85. The molecular formula is C12H11N3O4S. The number of amides is 1. The Kier molecular flexibility index (Phi) is 3.85. The van der Waals surface area contributed by atoms with Crippen molar-refractivity contribution in [2.45, 2.75) is 6.92 Å². The molecule has 2 rings (SSSR count). The van der Waals surface area contributed by atoms with E-state index in [-0.39, 0.29) is 16.4 Å². The van der Waals surface area contributed by atoms with E-state index in [1.165, 1.54) is 18.2 Å². The van der Waals surface area contributed by atoms with Gasteiger partial charge in [0.1, 0.15) is 11.4 Å². The van der Waals surface area contributed by atoms with E-state index in [0.717, 1.165) is 11.3 Å². The van der Waals surface area contributed by atoms with E-state index in [4.69, 9.17) is 5.21 Å². The average molecular weight is 293 g/mol. The molecule has 0 radical (unpaired) electrons. The van der Waals surface area contributed by atoms with E-state index >= 15 is 0 Å². The van der Waals surface area contributed by atoms with E-state index < -0.39 is 11.7 Å². The number of phenols is 2. The average Bonchev–Trinajstić information content (AvgIpc) is 2.89. The molecule has 0 saturated heterocycles. The Labute approximate surface area is 117 Å². The number of hydrogen-bond donors (Lipinski definition) is 4. The molecule has 1 amide bonds. The summed E-state index contributed by atoms with van der Waals surface area (Å²) in [6, 6.07) is 4.09. The van der Waals surface area contributed by atoms with Crippen molar-refractivity contribution in [3.05, 3.63) is 34.8 Å². The maximum Gasteiger partial charge on any atom is 0.261 e. The monoisotopic (exact) mass is 293 g/mol. The van der Waals surface area contributed by atoms with Gasteiger partial charge in [-0.1, -0.05) is 11.2 Å². The third-order valence-corrected chi connectivity index (χ3v) is 3.26. The van der Waals surface area contributed by atoms with E-state index in [9.17, 15) is 15.0 Å². The number of carbonyl (C=O) groups is 1. The first-order valence-corrected chi connectivity index (χ1v) is 6.37. The van der Waals surface area contributed by atoms with Gasteiger partial charge < -0.3 is 15.4 Å². The number of hydrogen-bond acceptors (Lipinski definition) is 7. The van der Waals surface area contributed by atoms with Crippen LogP contribution in [0.4, 0.5) is 5.13 Å². The van der Waals surface area contributed by atoms with Crippen LogP contribution in [0, 0.1) is 0 Å². The number of oxime groups is 1. The number of aromatic nitrogens is 1. The second kappa shape index (κ2) is 5.57. The van der Waals surface area contributed by atoms with E-state index in [1.54, 1.807) is 12.3 Å². The molecule has 2 aromatic rings. The SMILES string of the molecule is C/C(=N/O)c1csc(NC(=O)c2cccc(O)c2O)n1. The number of anilines is 1. The zero-order valence-corrected chi connectivity index (χ0v) is 11.2. The molecule has 0 fully saturated rings. The molecule has 0 saturated carbocycles. The molecular weight excluding hydrogens is 282 g/mol. The van der Waals surface area contributed by atoms with Crippen molar-refractivity contribution >= 4 is 28.1 Å². The van der Waals surface area contributed by atoms with E-state index in [1.807, 2.05) is 0 Å². The number of thiazole rings is 1. The molecule has 8 heteroatoms. The largest absolute Gasteiger partial charge is 0.504 e. The van der Waals surface area contributed by atoms with E-state index in [0.29, 0.717) is 11.4 Å². The first-order valence-electron chi connectivity index (χ1n) is 5.49. The Morgan fingerprint density at radius 2 is 2.15 bits per heavy atom. The molecule has 1 heterocycles. The third kappa shape index (κ3) is 2.69. The van der Waals surface area contributed by atoms with Crippen LogP contribution in [-0.4, -0.2) is 32.0 Å². The zero-order chi connectivity index (χ0) is 14.7. The van der Waals surface area contributed by atoms with Gasteiger partial charge in [0.2, 0.25) is 0 Å². The van der Waals surface area contributed by atoms with Crippen LogP contribution >= 0.6 is 11.3 Å². The fourth-order valence-electron chi connectivity index (χ4n) is 1.43. The number of nitrogens with zero attached hydrogens (tertiary/aromatic N) is 2. The van der Waals surface area contributed by atoms with Gasteiger partial charge in [-0.05, 0) is 19.1 Å². The van der Waals surface area contributed by atoms with Crippen LogP contribution in [0.1, 0.15) is 23.0 Å². The summed E-state index contributed by atoms with van der Waals surface area (Å²) < 4.78 is 0. The van der Waals surface area contributed by atoms with Gasteiger partial charge in [-0.2, -0.15) is 0 Å². The van der Waals surface area contributed by atoms with Gasteiger partial charge in [0.25, 0.3) is 5.91 Å². The van der Waals surface area contributed by atoms with Gasteiger partial charge in [0.15, 0.2) is 16.6 Å². The summed E-state index contributed by atoms with van der Waals surface area (Å²) in [4.78, 5) is 16.0. The summed E-state index contributed by atoms with van der Waals surface area (Å²) in [6.07, 6.45) is 0. The number of aromatic hydroxyl groups is 2. The van der Waals surface area contributed by atoms with Gasteiger partial charge in [-0.15, -0.1) is 11.3 Å². The Morgan fingerprint density at radius 1 is 1.40 bits per heavy atom. The number of rotatable bonds is 3. The highest BCUT2D eigenvalue weighted by molar-refractivity contribution is 7.14. The minimum atomic E-state index is -0.599. The lowest BCUT2D eigenvalue weighted by atomic mass is 10.2. The number of nitrogens with one attached hydrogen (secondary N) is 1. The van der Waals surface area contributed by atoms with Crippen molar-refractivity contribution in [1.82, 2.24) is 4.98 Å². The summed E-state index contributed by atoms with van der Waals surface area (Å²) in [6.45, 7) is 1.57. The first kappa shape index (κ1) is 13.8. The van der Waals surface area contributed by atoms with Crippen molar-refractivity contribution in [2.75, 3.05) is 5.32 Å². The Morgan fingerprint density at radius 3 is 2.85 bits per heavy atom. The van der Waals surface area contributed by atoms with Crippen LogP contribution in [0.15, 0.2) is 28.7 Å². The molecule has 0 bridgehead atoms. The van der Waals surface area contributed by atoms with Gasteiger partial charge in [0, 0.05) is 5.38 Å². The number of para-hydroxylation sites is 1. The predicted molar refractivity (Wildman–Crippen MR) is 73.8 cm³/mol. The summed E-state index contributed by atoms with van der Waals surface area (Å²) in [5.74, 6) is -1.46. The maximum atomic E-state index is 11.9. The maximum absolute atomic E-state index is 11.9. The molecule has 1 aromatic heterocycles. The quantitative estimate of drug-likeness (QED) is 0.299. The Bertz CT molecular complexity index is 681. The van der Waals surface area contributed by atoms with Crippen LogP contribution < -0.4 is 5.32 Å².